The van der Waals surface area contributed by atoms with Gasteiger partial charge in [0.2, 0.25) is 5.91 Å². The zero-order valence-corrected chi connectivity index (χ0v) is 16.8. The Bertz CT molecular complexity index is 1230. The van der Waals surface area contributed by atoms with Crippen molar-refractivity contribution in [3.63, 3.8) is 0 Å². The Morgan fingerprint density at radius 2 is 2.00 bits per heavy atom. The topological polar surface area (TPSA) is 84.3 Å². The molecule has 0 bridgehead atoms. The summed E-state index contributed by atoms with van der Waals surface area (Å²) in [5, 5.41) is 3.46. The van der Waals surface area contributed by atoms with Crippen LogP contribution in [0.25, 0.3) is 10.2 Å². The molecule has 0 radical (unpaired) electrons. The summed E-state index contributed by atoms with van der Waals surface area (Å²) < 4.78 is 1.72. The van der Waals surface area contributed by atoms with E-state index in [1.54, 1.807) is 22.5 Å². The van der Waals surface area contributed by atoms with Gasteiger partial charge in [-0.15, -0.1) is 11.3 Å². The van der Waals surface area contributed by atoms with E-state index in [4.69, 9.17) is 0 Å². The second-order valence-electron chi connectivity index (χ2n) is 7.48. The standard InChI is InChI=1S/C21H20N4O3S/c1-12-17-20(23-15-7-3-10-25(15)21(17)28)29-18(12)19(27)22-13-5-2-6-14(11-13)24-9-4-8-16(24)26/h2,5-6,11H,3-4,7-10H2,1H3,(H,22,27). The van der Waals surface area contributed by atoms with Gasteiger partial charge in [-0.1, -0.05) is 6.07 Å². The summed E-state index contributed by atoms with van der Waals surface area (Å²) in [6.45, 7) is 3.19. The van der Waals surface area contributed by atoms with E-state index in [9.17, 15) is 14.4 Å². The molecule has 0 aliphatic carbocycles. The summed E-state index contributed by atoms with van der Waals surface area (Å²) in [5.41, 5.74) is 2.03. The van der Waals surface area contributed by atoms with Crippen molar-refractivity contribution in [3.05, 3.63) is 50.9 Å². The molecule has 1 saturated heterocycles. The van der Waals surface area contributed by atoms with Crippen molar-refractivity contribution < 1.29 is 9.59 Å². The smallest absolute Gasteiger partial charge is 0.266 e. The lowest BCUT2D eigenvalue weighted by Crippen LogP contribution is -2.23. The van der Waals surface area contributed by atoms with Crippen LogP contribution in [-0.2, 0) is 17.8 Å². The number of nitrogens with one attached hydrogen (secondary N) is 1. The third-order valence-electron chi connectivity index (χ3n) is 5.61. The van der Waals surface area contributed by atoms with Gasteiger partial charge in [-0.3, -0.25) is 19.0 Å². The largest absolute Gasteiger partial charge is 0.321 e. The predicted octanol–water partition coefficient (Wildman–Crippen LogP) is 3.09. The second kappa shape index (κ2) is 6.81. The molecule has 0 atom stereocenters. The van der Waals surface area contributed by atoms with Gasteiger partial charge in [0.25, 0.3) is 11.5 Å². The Hall–Kier alpha value is -3.00. The normalized spacial score (nSPS) is 15.9. The molecule has 29 heavy (non-hydrogen) atoms. The molecule has 2 amide bonds. The maximum atomic E-state index is 12.9. The number of aryl methyl sites for hydroxylation is 2. The first-order chi connectivity index (χ1) is 14.0. The summed E-state index contributed by atoms with van der Waals surface area (Å²) >= 11 is 1.26. The summed E-state index contributed by atoms with van der Waals surface area (Å²) in [4.78, 5) is 45.2. The van der Waals surface area contributed by atoms with Crippen LogP contribution in [0, 0.1) is 6.92 Å². The van der Waals surface area contributed by atoms with Gasteiger partial charge in [-0.2, -0.15) is 0 Å². The third kappa shape index (κ3) is 2.95. The Morgan fingerprint density at radius 3 is 2.79 bits per heavy atom. The number of carbonyl (C=O) groups excluding carboxylic acids is 2. The van der Waals surface area contributed by atoms with Crippen LogP contribution in [0.4, 0.5) is 11.4 Å². The van der Waals surface area contributed by atoms with E-state index < -0.39 is 0 Å². The van der Waals surface area contributed by atoms with Crippen LogP contribution in [0.2, 0.25) is 0 Å². The number of amides is 2. The average molecular weight is 408 g/mol. The van der Waals surface area contributed by atoms with Crippen LogP contribution in [0.15, 0.2) is 29.1 Å². The lowest BCUT2D eigenvalue weighted by Gasteiger charge is -2.16. The van der Waals surface area contributed by atoms with Gasteiger partial charge in [-0.05, 0) is 43.5 Å². The monoisotopic (exact) mass is 408 g/mol. The quantitative estimate of drug-likeness (QED) is 0.722. The zero-order chi connectivity index (χ0) is 20.1. The number of aromatic nitrogens is 2. The molecule has 4 heterocycles. The van der Waals surface area contributed by atoms with Gasteiger partial charge < -0.3 is 10.2 Å². The number of hydrogen-bond acceptors (Lipinski definition) is 5. The van der Waals surface area contributed by atoms with Crippen molar-refractivity contribution in [2.45, 2.75) is 39.2 Å². The molecule has 3 aromatic rings. The first-order valence-corrected chi connectivity index (χ1v) is 10.6. The predicted molar refractivity (Wildman–Crippen MR) is 113 cm³/mol. The van der Waals surface area contributed by atoms with Crippen molar-refractivity contribution in [2.24, 2.45) is 0 Å². The van der Waals surface area contributed by atoms with E-state index in [1.807, 2.05) is 18.2 Å². The summed E-state index contributed by atoms with van der Waals surface area (Å²) in [7, 11) is 0. The fourth-order valence-electron chi connectivity index (χ4n) is 4.15. The van der Waals surface area contributed by atoms with Crippen LogP contribution >= 0.6 is 11.3 Å². The van der Waals surface area contributed by atoms with Crippen molar-refractivity contribution in [2.75, 3.05) is 16.8 Å². The van der Waals surface area contributed by atoms with E-state index in [1.165, 1.54) is 11.3 Å². The Kier molecular flexibility index (Phi) is 4.24. The zero-order valence-electron chi connectivity index (χ0n) is 16.0. The highest BCUT2D eigenvalue weighted by Crippen LogP contribution is 2.30. The van der Waals surface area contributed by atoms with Crippen LogP contribution in [-0.4, -0.2) is 27.9 Å². The lowest BCUT2D eigenvalue weighted by molar-refractivity contribution is -0.117. The van der Waals surface area contributed by atoms with E-state index in [0.717, 1.165) is 30.8 Å². The molecule has 2 aliphatic rings. The minimum Gasteiger partial charge on any atom is -0.321 e. The van der Waals surface area contributed by atoms with Gasteiger partial charge in [-0.25, -0.2) is 4.98 Å². The van der Waals surface area contributed by atoms with Gasteiger partial charge in [0.05, 0.1) is 10.3 Å². The van der Waals surface area contributed by atoms with Gasteiger partial charge in [0, 0.05) is 37.3 Å². The van der Waals surface area contributed by atoms with Crippen molar-refractivity contribution in [1.29, 1.82) is 0 Å². The number of hydrogen-bond donors (Lipinski definition) is 1. The summed E-state index contributed by atoms with van der Waals surface area (Å²) in [5.74, 6) is 0.645. The number of benzene rings is 1. The molecule has 2 aromatic heterocycles. The highest BCUT2D eigenvalue weighted by atomic mass is 32.1. The Balaban J connectivity index is 1.47. The lowest BCUT2D eigenvalue weighted by atomic mass is 10.2. The molecule has 5 rings (SSSR count). The van der Waals surface area contributed by atoms with Crippen molar-refractivity contribution >= 4 is 44.7 Å². The van der Waals surface area contributed by atoms with Gasteiger partial charge in [0.15, 0.2) is 0 Å². The highest BCUT2D eigenvalue weighted by Gasteiger charge is 2.24. The molecule has 0 saturated carbocycles. The molecule has 8 heteroatoms. The van der Waals surface area contributed by atoms with Crippen molar-refractivity contribution in [1.82, 2.24) is 9.55 Å². The molecule has 1 N–H and O–H groups in total. The number of fused-ring (bicyclic) bond motifs is 2. The van der Waals surface area contributed by atoms with E-state index in [2.05, 4.69) is 10.3 Å². The highest BCUT2D eigenvalue weighted by molar-refractivity contribution is 7.20. The number of thiophene rings is 1. The first-order valence-electron chi connectivity index (χ1n) is 9.77. The van der Waals surface area contributed by atoms with Crippen LogP contribution in [0.3, 0.4) is 0 Å². The van der Waals surface area contributed by atoms with E-state index in [-0.39, 0.29) is 17.4 Å². The number of nitrogens with zero attached hydrogens (tertiary/aromatic N) is 3. The molecule has 7 nitrogen and oxygen atoms in total. The molecule has 1 fully saturated rings. The van der Waals surface area contributed by atoms with E-state index in [0.29, 0.717) is 45.9 Å². The number of carbonyl (C=O) groups is 2. The maximum Gasteiger partial charge on any atom is 0.266 e. The molecule has 1 aromatic carbocycles. The first kappa shape index (κ1) is 18.1. The van der Waals surface area contributed by atoms with Gasteiger partial charge in [0.1, 0.15) is 10.7 Å². The Labute approximate surface area is 171 Å². The third-order valence-corrected chi connectivity index (χ3v) is 6.79. The molecule has 148 valence electrons. The summed E-state index contributed by atoms with van der Waals surface area (Å²) in [6.07, 6.45) is 3.14. The average Bonchev–Trinajstić information content (AvgIpc) is 3.41. The second-order valence-corrected chi connectivity index (χ2v) is 8.48. The maximum absolute atomic E-state index is 12.9. The van der Waals surface area contributed by atoms with Crippen LogP contribution in [0.1, 0.15) is 40.3 Å². The van der Waals surface area contributed by atoms with E-state index >= 15 is 0 Å². The SMILES string of the molecule is Cc1c(C(=O)Nc2cccc(N3CCCC3=O)c2)sc2nc3n(c(=O)c12)CCC3. The fourth-order valence-corrected chi connectivity index (χ4v) is 5.24. The van der Waals surface area contributed by atoms with Crippen LogP contribution < -0.4 is 15.8 Å². The molecule has 2 aliphatic heterocycles. The molecular formula is C21H20N4O3S. The van der Waals surface area contributed by atoms with Gasteiger partial charge >= 0.3 is 0 Å². The fraction of sp³-hybridized carbons (Fsp3) is 0.333. The number of anilines is 2. The number of rotatable bonds is 3. The molecular weight excluding hydrogens is 388 g/mol. The van der Waals surface area contributed by atoms with Crippen molar-refractivity contribution in [3.8, 4) is 0 Å². The van der Waals surface area contributed by atoms with Crippen LogP contribution in [0.5, 0.6) is 0 Å². The molecule has 0 unspecified atom stereocenters. The minimum atomic E-state index is -0.264. The minimum absolute atomic E-state index is 0.0511. The summed E-state index contributed by atoms with van der Waals surface area (Å²) in [6, 6.07) is 7.31. The molecule has 0 spiro atoms. The Morgan fingerprint density at radius 1 is 1.17 bits per heavy atom.